The molecule has 14 atom stereocenters. The van der Waals surface area contributed by atoms with Crippen LogP contribution in [0.2, 0.25) is 0 Å². The number of hydrogen-bond acceptors (Lipinski definition) is 15. The molecule has 0 aromatic carbocycles. The van der Waals surface area contributed by atoms with Crippen molar-refractivity contribution in [2.24, 2.45) is 29.6 Å². The molecule has 0 spiro atoms. The normalized spacial score (nSPS) is 36.1. The summed E-state index contributed by atoms with van der Waals surface area (Å²) in [5.41, 5.74) is -2.46. The highest BCUT2D eigenvalue weighted by atomic mass is 16.7. The molecule has 0 saturated carbocycles. The summed E-state index contributed by atoms with van der Waals surface area (Å²) in [5, 5.41) is 17.3. The number of hydrogen-bond donors (Lipinski definition) is 3. The van der Waals surface area contributed by atoms with Crippen molar-refractivity contribution < 1.29 is 57.5 Å². The van der Waals surface area contributed by atoms with Gasteiger partial charge in [-0.1, -0.05) is 67.5 Å². The predicted octanol–water partition coefficient (Wildman–Crippen LogP) is 5.18. The minimum atomic E-state index is -1.74. The number of esters is 2. The summed E-state index contributed by atoms with van der Waals surface area (Å²) in [6.45, 7) is 20.9. The Morgan fingerprint density at radius 1 is 1.05 bits per heavy atom. The first-order valence-electron chi connectivity index (χ1n) is 22.0. The van der Waals surface area contributed by atoms with Crippen LogP contribution in [0.15, 0.2) is 18.5 Å². The van der Waals surface area contributed by atoms with Crippen molar-refractivity contribution in [2.75, 3.05) is 20.6 Å². The lowest BCUT2D eigenvalue weighted by atomic mass is 9.73. The molecule has 0 unspecified atom stereocenters. The number of carbonyl (C=O) groups excluding carboxylic acids is 5. The molecule has 348 valence electrons. The van der Waals surface area contributed by atoms with Gasteiger partial charge in [-0.2, -0.15) is 0 Å². The van der Waals surface area contributed by atoms with Crippen LogP contribution >= 0.6 is 0 Å². The number of aliphatic hydroxyl groups is 1. The number of ketones is 1. The molecular weight excluding hydrogens is 803 g/mol. The SMILES string of the molecule is CC[C@H]1OC(=O)[C@H](C)[C@@H](OC(=O)C(C)C)[C@H](C)[C@@H](O[C@@H]2O[C@H](C)C[C@H](N(C)C)[C@H]2O)[C@](C)(OC(=O)NC/C=C/c2cnc(C(C)C)nc2)C[C@@H](C)C(=O)[C@H](C)[C@H]2NC(=O)O[C@@]21C. The van der Waals surface area contributed by atoms with Gasteiger partial charge in [-0.3, -0.25) is 14.4 Å². The molecule has 3 aliphatic heterocycles. The van der Waals surface area contributed by atoms with Crippen molar-refractivity contribution in [3.8, 4) is 0 Å². The Bertz CT molecular complexity index is 1760. The number of fused-ring (bicyclic) bond motifs is 1. The third-order valence-electron chi connectivity index (χ3n) is 12.6. The Kier molecular flexibility index (Phi) is 17.1. The molecule has 0 bridgehead atoms. The van der Waals surface area contributed by atoms with E-state index in [0.29, 0.717) is 12.2 Å². The highest BCUT2D eigenvalue weighted by Gasteiger charge is 2.58. The Hall–Kier alpha value is -4.19. The van der Waals surface area contributed by atoms with Gasteiger partial charge in [-0.05, 0) is 61.1 Å². The van der Waals surface area contributed by atoms with Gasteiger partial charge in [0.2, 0.25) is 0 Å². The number of likely N-dealkylation sites (N-methyl/N-ethyl adjacent to an activating group) is 1. The van der Waals surface area contributed by atoms with Crippen LogP contribution in [-0.2, 0) is 42.8 Å². The van der Waals surface area contributed by atoms with Gasteiger partial charge in [0.25, 0.3) is 0 Å². The Balaban J connectivity index is 1.85. The molecule has 0 aliphatic carbocycles. The van der Waals surface area contributed by atoms with Crippen LogP contribution in [0.3, 0.4) is 0 Å². The Morgan fingerprint density at radius 3 is 2.27 bits per heavy atom. The van der Waals surface area contributed by atoms with Gasteiger partial charge in [0.15, 0.2) is 11.9 Å². The zero-order chi connectivity index (χ0) is 46.4. The third-order valence-corrected chi connectivity index (χ3v) is 12.6. The van der Waals surface area contributed by atoms with E-state index in [9.17, 15) is 29.1 Å². The fraction of sp³-hybridized carbons (Fsp3) is 0.756. The average Bonchev–Trinajstić information content (AvgIpc) is 3.52. The van der Waals surface area contributed by atoms with E-state index in [0.717, 1.165) is 5.56 Å². The maximum absolute atomic E-state index is 14.6. The van der Waals surface area contributed by atoms with Crippen LogP contribution in [0.5, 0.6) is 0 Å². The average molecular weight is 874 g/mol. The lowest BCUT2D eigenvalue weighted by Gasteiger charge is -2.48. The summed E-state index contributed by atoms with van der Waals surface area (Å²) in [4.78, 5) is 80.0. The molecule has 1 aromatic rings. The third kappa shape index (κ3) is 11.7. The highest BCUT2D eigenvalue weighted by Crippen LogP contribution is 2.42. The van der Waals surface area contributed by atoms with Crippen LogP contribution in [0, 0.1) is 29.6 Å². The first-order valence-corrected chi connectivity index (χ1v) is 22.0. The van der Waals surface area contributed by atoms with Gasteiger partial charge in [-0.15, -0.1) is 0 Å². The zero-order valence-electron chi connectivity index (χ0n) is 39.0. The summed E-state index contributed by atoms with van der Waals surface area (Å²) < 4.78 is 37.6. The van der Waals surface area contributed by atoms with Gasteiger partial charge >= 0.3 is 24.1 Å². The van der Waals surface area contributed by atoms with Crippen molar-refractivity contribution in [2.45, 2.75) is 168 Å². The minimum Gasteiger partial charge on any atom is -0.461 e. The van der Waals surface area contributed by atoms with Crippen LogP contribution in [0.1, 0.15) is 120 Å². The van der Waals surface area contributed by atoms with Crippen LogP contribution < -0.4 is 10.6 Å². The molecule has 4 heterocycles. The maximum Gasteiger partial charge on any atom is 0.408 e. The number of aliphatic hydroxyl groups excluding tert-OH is 1. The molecule has 3 saturated heterocycles. The van der Waals surface area contributed by atoms with Crippen molar-refractivity contribution in [3.63, 3.8) is 0 Å². The molecule has 2 amide bonds. The van der Waals surface area contributed by atoms with E-state index < -0.39 is 102 Å². The van der Waals surface area contributed by atoms with E-state index in [4.69, 9.17) is 28.4 Å². The van der Waals surface area contributed by atoms with Gasteiger partial charge in [0, 0.05) is 54.2 Å². The number of rotatable bonds is 11. The second kappa shape index (κ2) is 21.0. The minimum absolute atomic E-state index is 0.0377. The van der Waals surface area contributed by atoms with Crippen molar-refractivity contribution in [1.29, 1.82) is 0 Å². The van der Waals surface area contributed by atoms with Gasteiger partial charge in [0.1, 0.15) is 41.6 Å². The summed E-state index contributed by atoms with van der Waals surface area (Å²) in [7, 11) is 3.67. The number of Topliss-reactive ketones (excluding diaryl/α,β-unsaturated/α-hetero) is 1. The lowest BCUT2D eigenvalue weighted by Crippen LogP contribution is -2.61. The first-order chi connectivity index (χ1) is 28.9. The summed E-state index contributed by atoms with van der Waals surface area (Å²) in [6, 6.07) is -1.30. The van der Waals surface area contributed by atoms with E-state index >= 15 is 0 Å². The number of cyclic esters (lactones) is 1. The fourth-order valence-corrected chi connectivity index (χ4v) is 9.02. The van der Waals surface area contributed by atoms with E-state index in [1.165, 1.54) is 0 Å². The number of amides is 2. The van der Waals surface area contributed by atoms with Crippen molar-refractivity contribution in [3.05, 3.63) is 29.9 Å². The molecular formula is C45H71N5O12. The molecule has 17 nitrogen and oxygen atoms in total. The standard InChI is InChI=1S/C45H71N5O12/c1-15-32-45(12)36(49-43(56)62-45)27(8)33(51)25(6)20-44(11,61-42(55)46-18-16-17-30-21-47-38(23(2)3)48-22-30)37(60-41-34(52)31(50(13)14)19-26(7)57-41)28(9)35(29(10)40(54)58-32)59-39(53)24(4)5/h16-17,21-29,31-32,34-37,41,52H,15,18-20H2,1-14H3,(H,46,55)(H,49,56)/b17-16+/t25-,26-,27+,28+,29-,31+,32-,34-,35+,36-,37-,41+,44-,45-/m1/s1. The Morgan fingerprint density at radius 2 is 1.69 bits per heavy atom. The Labute approximate surface area is 366 Å². The number of nitrogens with zero attached hydrogens (tertiary/aromatic N) is 3. The number of aromatic nitrogens is 2. The van der Waals surface area contributed by atoms with Crippen LogP contribution in [0.25, 0.3) is 6.08 Å². The smallest absolute Gasteiger partial charge is 0.408 e. The topological polar surface area (TPSA) is 214 Å². The van der Waals surface area contributed by atoms with E-state index in [2.05, 4.69) is 20.6 Å². The predicted molar refractivity (Wildman–Crippen MR) is 228 cm³/mol. The molecule has 3 N–H and O–H groups in total. The summed E-state index contributed by atoms with van der Waals surface area (Å²) >= 11 is 0. The largest absolute Gasteiger partial charge is 0.461 e. The monoisotopic (exact) mass is 874 g/mol. The maximum atomic E-state index is 14.6. The summed E-state index contributed by atoms with van der Waals surface area (Å²) in [5.74, 6) is -5.23. The van der Waals surface area contributed by atoms with E-state index in [1.54, 1.807) is 86.9 Å². The second-order valence-corrected chi connectivity index (χ2v) is 18.7. The second-order valence-electron chi connectivity index (χ2n) is 18.7. The molecule has 17 heteroatoms. The number of alkyl carbamates (subject to hydrolysis) is 2. The van der Waals surface area contributed by atoms with Gasteiger partial charge < -0.3 is 49.1 Å². The first kappa shape index (κ1) is 50.5. The van der Waals surface area contributed by atoms with Gasteiger partial charge in [-0.25, -0.2) is 19.6 Å². The molecule has 3 fully saturated rings. The van der Waals surface area contributed by atoms with Gasteiger partial charge in [0.05, 0.1) is 24.0 Å². The molecule has 1 aromatic heterocycles. The van der Waals surface area contributed by atoms with Crippen molar-refractivity contribution in [1.82, 2.24) is 25.5 Å². The van der Waals surface area contributed by atoms with E-state index in [1.807, 2.05) is 39.8 Å². The number of carbonyl (C=O) groups is 5. The molecule has 62 heavy (non-hydrogen) atoms. The molecule has 0 radical (unpaired) electrons. The zero-order valence-corrected chi connectivity index (χ0v) is 39.0. The molecule has 3 aliphatic rings. The summed E-state index contributed by atoms with van der Waals surface area (Å²) in [6.07, 6.45) is -0.583. The molecule has 4 rings (SSSR count). The van der Waals surface area contributed by atoms with Crippen molar-refractivity contribution >= 4 is 36.0 Å². The lowest BCUT2D eigenvalue weighted by molar-refractivity contribution is -0.298. The van der Waals surface area contributed by atoms with E-state index in [-0.39, 0.29) is 43.2 Å². The number of nitrogens with one attached hydrogen (secondary N) is 2. The highest BCUT2D eigenvalue weighted by molar-refractivity contribution is 5.85. The quantitative estimate of drug-likeness (QED) is 0.193. The number of ether oxygens (including phenoxy) is 6. The fourth-order valence-electron chi connectivity index (χ4n) is 9.02. The van der Waals surface area contributed by atoms with Crippen LogP contribution in [-0.4, -0.2) is 131 Å². The van der Waals surface area contributed by atoms with Crippen LogP contribution in [0.4, 0.5) is 9.59 Å².